The van der Waals surface area contributed by atoms with Crippen molar-refractivity contribution in [1.29, 1.82) is 0 Å². The van der Waals surface area contributed by atoms with Crippen molar-refractivity contribution in [2.45, 2.75) is 13.2 Å². The highest BCUT2D eigenvalue weighted by molar-refractivity contribution is 4.02. The average molecular weight is 82.1 g/mol. The van der Waals surface area contributed by atoms with Crippen LogP contribution in [0.2, 0.25) is 0 Å². The molecule has 0 aromatic rings. The summed E-state index contributed by atoms with van der Waals surface area (Å²) < 4.78 is 0. The topological polar surface area (TPSA) is 40.5 Å². The maximum atomic E-state index is 7.61. The molecule has 0 bridgehead atoms. The molecule has 0 unspecified atom stereocenters. The first kappa shape index (κ1) is 8.85. The largest absolute Gasteiger partial charge is 0.368 e. The highest BCUT2D eigenvalue weighted by Gasteiger charge is 1.70. The zero-order valence-electron chi connectivity index (χ0n) is 2.88. The van der Waals surface area contributed by atoms with E-state index < -0.39 is 6.29 Å². The van der Waals surface area contributed by atoms with Gasteiger partial charge in [-0.3, -0.25) is 4.70 Å². The van der Waals surface area contributed by atoms with E-state index in [1.807, 2.05) is 0 Å². The van der Waals surface area contributed by atoms with Gasteiger partial charge in [0.1, 0.15) is 6.29 Å². The number of hydrogen-bond donors (Lipinski definition) is 2. The van der Waals surface area contributed by atoms with Gasteiger partial charge in [0, 0.05) is 0 Å². The van der Waals surface area contributed by atoms with Crippen LogP contribution in [0.4, 0.5) is 4.70 Å². The Morgan fingerprint density at radius 1 is 1.40 bits per heavy atom. The van der Waals surface area contributed by atoms with Gasteiger partial charge in [0.05, 0.1) is 0 Å². The van der Waals surface area contributed by atoms with Crippen molar-refractivity contribution in [3.8, 4) is 0 Å². The van der Waals surface area contributed by atoms with E-state index in [0.29, 0.717) is 0 Å². The first-order chi connectivity index (χ1) is 1.73. The molecule has 34 valence electrons. The Kier molecular flexibility index (Phi) is 6.81. The number of aliphatic hydroxyl groups excluding tert-OH is 1. The van der Waals surface area contributed by atoms with E-state index in [4.69, 9.17) is 10.2 Å². The molecular weight excluding hydrogens is 75.0 g/mol. The van der Waals surface area contributed by atoms with Crippen LogP contribution in [0.15, 0.2) is 0 Å². The normalized spacial score (nSPS) is 7.20. The van der Waals surface area contributed by atoms with E-state index in [-0.39, 0.29) is 4.70 Å². The molecule has 0 aromatic carbocycles. The molecule has 5 heavy (non-hydrogen) atoms. The molecule has 0 fully saturated rings. The van der Waals surface area contributed by atoms with Crippen molar-refractivity contribution in [2.75, 3.05) is 0 Å². The van der Waals surface area contributed by atoms with E-state index in [1.54, 1.807) is 0 Å². The molecule has 0 amide bonds. The maximum absolute atomic E-state index is 7.61. The predicted octanol–water partition coefficient (Wildman–Crippen LogP) is -0.530. The summed E-state index contributed by atoms with van der Waals surface area (Å²) in [5.74, 6) is 0. The van der Waals surface area contributed by atoms with Crippen LogP contribution in [0, 0.1) is 0 Å². The quantitative estimate of drug-likeness (QED) is 0.386. The monoisotopic (exact) mass is 82.0 g/mol. The van der Waals surface area contributed by atoms with E-state index in [2.05, 4.69) is 0 Å². The van der Waals surface area contributed by atoms with Crippen LogP contribution in [0.1, 0.15) is 6.92 Å². The number of halogens is 1. The second-order valence-electron chi connectivity index (χ2n) is 0.632. The lowest BCUT2D eigenvalue weighted by Gasteiger charge is -1.80. The standard InChI is InChI=1S/C2H6O2.FH/c1-2(3)4;/h2-4H,1H3;1H. The van der Waals surface area contributed by atoms with Gasteiger partial charge in [0.2, 0.25) is 0 Å². The Labute approximate surface area is 29.4 Å². The molecule has 0 saturated heterocycles. The lowest BCUT2D eigenvalue weighted by atomic mass is 10.8. The second-order valence-corrected chi connectivity index (χ2v) is 0.632. The summed E-state index contributed by atoms with van der Waals surface area (Å²) in [4.78, 5) is 0. The molecule has 0 aliphatic rings. The minimum atomic E-state index is -1.17. The van der Waals surface area contributed by atoms with Crippen molar-refractivity contribution in [2.24, 2.45) is 0 Å². The van der Waals surface area contributed by atoms with Gasteiger partial charge in [0.15, 0.2) is 0 Å². The van der Waals surface area contributed by atoms with Crippen LogP contribution in [0.5, 0.6) is 0 Å². The van der Waals surface area contributed by atoms with Gasteiger partial charge in [-0.05, 0) is 6.92 Å². The van der Waals surface area contributed by atoms with E-state index >= 15 is 0 Å². The van der Waals surface area contributed by atoms with Crippen LogP contribution in [-0.4, -0.2) is 16.5 Å². The highest BCUT2D eigenvalue weighted by atomic mass is 19.0. The van der Waals surface area contributed by atoms with Gasteiger partial charge in [-0.2, -0.15) is 0 Å². The van der Waals surface area contributed by atoms with E-state index in [9.17, 15) is 0 Å². The first-order valence-corrected chi connectivity index (χ1v) is 1.09. The van der Waals surface area contributed by atoms with Crippen molar-refractivity contribution in [3.63, 3.8) is 0 Å². The van der Waals surface area contributed by atoms with Crippen LogP contribution < -0.4 is 0 Å². The molecule has 0 rings (SSSR count). The second kappa shape index (κ2) is 3.85. The molecular formula is C2H7FO2. The van der Waals surface area contributed by atoms with Crippen LogP contribution in [0.3, 0.4) is 0 Å². The number of hydrogen-bond acceptors (Lipinski definition) is 2. The molecule has 3 heteroatoms. The summed E-state index contributed by atoms with van der Waals surface area (Å²) in [6, 6.07) is 0. The SMILES string of the molecule is CC(O)O.F. The molecule has 0 saturated carbocycles. The van der Waals surface area contributed by atoms with Gasteiger partial charge in [-0.25, -0.2) is 0 Å². The molecule has 0 spiro atoms. The zero-order chi connectivity index (χ0) is 3.58. The lowest BCUT2D eigenvalue weighted by Crippen LogP contribution is -1.92. The van der Waals surface area contributed by atoms with E-state index in [1.165, 1.54) is 6.92 Å². The van der Waals surface area contributed by atoms with Crippen molar-refractivity contribution >= 4 is 0 Å². The third-order valence-corrected chi connectivity index (χ3v) is 0. The summed E-state index contributed by atoms with van der Waals surface area (Å²) in [5.41, 5.74) is 0. The zero-order valence-corrected chi connectivity index (χ0v) is 2.88. The third-order valence-electron chi connectivity index (χ3n) is 0. The summed E-state index contributed by atoms with van der Waals surface area (Å²) in [6.07, 6.45) is -1.17. The average Bonchev–Trinajstić information content (AvgIpc) is 0.811. The van der Waals surface area contributed by atoms with Gasteiger partial charge in [-0.15, -0.1) is 0 Å². The molecule has 0 aromatic heterocycles. The molecule has 0 heterocycles. The fraction of sp³-hybridized carbons (Fsp3) is 1.00. The minimum Gasteiger partial charge on any atom is -0.368 e. The molecule has 2 nitrogen and oxygen atoms in total. The Balaban J connectivity index is 0. The lowest BCUT2D eigenvalue weighted by molar-refractivity contribution is -0.0228. The fourth-order valence-electron chi connectivity index (χ4n) is 0. The Bertz CT molecular complexity index is 12.4. The van der Waals surface area contributed by atoms with Gasteiger partial charge >= 0.3 is 0 Å². The number of aliphatic hydroxyl groups is 2. The van der Waals surface area contributed by atoms with Gasteiger partial charge in [-0.1, -0.05) is 0 Å². The fourth-order valence-corrected chi connectivity index (χ4v) is 0. The molecule has 0 aliphatic heterocycles. The first-order valence-electron chi connectivity index (χ1n) is 1.09. The van der Waals surface area contributed by atoms with Gasteiger partial charge < -0.3 is 10.2 Å². The van der Waals surface area contributed by atoms with Gasteiger partial charge in [0.25, 0.3) is 0 Å². The summed E-state index contributed by atoms with van der Waals surface area (Å²) in [6.45, 7) is 1.28. The predicted molar refractivity (Wildman–Crippen MR) is 16.4 cm³/mol. The number of rotatable bonds is 0. The van der Waals surface area contributed by atoms with Crippen LogP contribution in [0.25, 0.3) is 0 Å². The van der Waals surface area contributed by atoms with Crippen LogP contribution in [-0.2, 0) is 0 Å². The Hall–Kier alpha value is -0.150. The van der Waals surface area contributed by atoms with Crippen LogP contribution >= 0.6 is 0 Å². The minimum absolute atomic E-state index is 0. The summed E-state index contributed by atoms with van der Waals surface area (Å²) in [5, 5.41) is 15.2. The molecule has 0 radical (unpaired) electrons. The Morgan fingerprint density at radius 3 is 1.40 bits per heavy atom. The van der Waals surface area contributed by atoms with Crippen molar-refractivity contribution < 1.29 is 14.9 Å². The van der Waals surface area contributed by atoms with Crippen molar-refractivity contribution in [1.82, 2.24) is 0 Å². The Morgan fingerprint density at radius 2 is 1.40 bits per heavy atom. The van der Waals surface area contributed by atoms with E-state index in [0.717, 1.165) is 0 Å². The summed E-state index contributed by atoms with van der Waals surface area (Å²) >= 11 is 0. The summed E-state index contributed by atoms with van der Waals surface area (Å²) in [7, 11) is 0. The smallest absolute Gasteiger partial charge is 0.148 e. The molecule has 0 atom stereocenters. The third kappa shape index (κ3) is 586. The maximum Gasteiger partial charge on any atom is 0.148 e. The highest BCUT2D eigenvalue weighted by Crippen LogP contribution is 1.57. The molecule has 0 aliphatic carbocycles. The van der Waals surface area contributed by atoms with Crippen molar-refractivity contribution in [3.05, 3.63) is 0 Å². The molecule has 2 N–H and O–H groups in total.